The first-order chi connectivity index (χ1) is 14.0. The summed E-state index contributed by atoms with van der Waals surface area (Å²) in [5.74, 6) is -0.104. The molecule has 1 atom stereocenters. The SMILES string of the molecule is CCc1ccc(C(=O)C2CC(=O)Nc3c2c(C)nn3-c2cccc(CC)c2)cc1. The highest BCUT2D eigenvalue weighted by Crippen LogP contribution is 2.38. The van der Waals surface area contributed by atoms with Gasteiger partial charge in [-0.15, -0.1) is 0 Å². The van der Waals surface area contributed by atoms with E-state index in [1.54, 1.807) is 4.68 Å². The van der Waals surface area contributed by atoms with Gasteiger partial charge in [0.15, 0.2) is 5.78 Å². The summed E-state index contributed by atoms with van der Waals surface area (Å²) in [6.07, 6.45) is 1.98. The lowest BCUT2D eigenvalue weighted by Crippen LogP contribution is -2.28. The van der Waals surface area contributed by atoms with E-state index in [1.807, 2.05) is 43.3 Å². The summed E-state index contributed by atoms with van der Waals surface area (Å²) in [4.78, 5) is 25.8. The topological polar surface area (TPSA) is 64.0 Å². The second kappa shape index (κ2) is 7.66. The van der Waals surface area contributed by atoms with Crippen LogP contribution in [-0.2, 0) is 17.6 Å². The fourth-order valence-electron chi connectivity index (χ4n) is 3.97. The van der Waals surface area contributed by atoms with Gasteiger partial charge in [0.1, 0.15) is 5.82 Å². The molecular weight excluding hydrogens is 362 g/mol. The molecule has 0 aliphatic carbocycles. The lowest BCUT2D eigenvalue weighted by atomic mass is 9.85. The molecule has 5 nitrogen and oxygen atoms in total. The molecule has 29 heavy (non-hydrogen) atoms. The summed E-state index contributed by atoms with van der Waals surface area (Å²) >= 11 is 0. The van der Waals surface area contributed by atoms with Crippen LogP contribution in [0.4, 0.5) is 5.82 Å². The minimum absolute atomic E-state index is 0.0336. The first-order valence-corrected chi connectivity index (χ1v) is 10.1. The van der Waals surface area contributed by atoms with E-state index in [1.165, 1.54) is 11.1 Å². The number of aromatic nitrogens is 2. The zero-order valence-electron chi connectivity index (χ0n) is 17.0. The van der Waals surface area contributed by atoms with E-state index in [2.05, 4.69) is 36.4 Å². The number of nitrogens with zero attached hydrogens (tertiary/aromatic N) is 2. The maximum absolute atomic E-state index is 13.3. The number of ketones is 1. The van der Waals surface area contributed by atoms with Crippen molar-refractivity contribution in [2.24, 2.45) is 0 Å². The first-order valence-electron chi connectivity index (χ1n) is 10.1. The minimum Gasteiger partial charge on any atom is -0.310 e. The van der Waals surface area contributed by atoms with E-state index in [0.29, 0.717) is 11.4 Å². The Morgan fingerprint density at radius 2 is 1.83 bits per heavy atom. The highest BCUT2D eigenvalue weighted by molar-refractivity contribution is 6.08. The summed E-state index contributed by atoms with van der Waals surface area (Å²) in [5.41, 5.74) is 5.47. The Balaban J connectivity index is 1.78. The fraction of sp³-hybridized carbons (Fsp3) is 0.292. The number of Topliss-reactive ketones (excluding diaryl/α,β-unsaturated/α-hetero) is 1. The first kappa shape index (κ1) is 19.1. The normalized spacial score (nSPS) is 15.7. The van der Waals surface area contributed by atoms with Crippen molar-refractivity contribution in [2.75, 3.05) is 5.32 Å². The molecule has 4 rings (SSSR count). The number of nitrogens with one attached hydrogen (secondary N) is 1. The number of amides is 1. The molecule has 0 saturated carbocycles. The third kappa shape index (κ3) is 3.48. The molecule has 1 aromatic heterocycles. The van der Waals surface area contributed by atoms with E-state index in [9.17, 15) is 9.59 Å². The van der Waals surface area contributed by atoms with Gasteiger partial charge in [0.05, 0.1) is 17.3 Å². The molecule has 0 spiro atoms. The Morgan fingerprint density at radius 1 is 1.10 bits per heavy atom. The number of rotatable bonds is 5. The average Bonchev–Trinajstić information content (AvgIpc) is 3.09. The molecule has 0 radical (unpaired) electrons. The lowest BCUT2D eigenvalue weighted by Gasteiger charge is -2.23. The van der Waals surface area contributed by atoms with Crippen LogP contribution in [0, 0.1) is 6.92 Å². The van der Waals surface area contributed by atoms with Crippen LogP contribution >= 0.6 is 0 Å². The van der Waals surface area contributed by atoms with Crippen molar-refractivity contribution in [3.8, 4) is 5.69 Å². The number of hydrogen-bond acceptors (Lipinski definition) is 3. The molecular formula is C24H25N3O2. The van der Waals surface area contributed by atoms with E-state index in [0.717, 1.165) is 29.8 Å². The molecule has 2 heterocycles. The summed E-state index contributed by atoms with van der Waals surface area (Å²) in [6.45, 7) is 6.08. The van der Waals surface area contributed by atoms with Gasteiger partial charge in [-0.2, -0.15) is 5.10 Å². The second-order valence-electron chi connectivity index (χ2n) is 7.50. The molecule has 3 aromatic rings. The number of hydrogen-bond donors (Lipinski definition) is 1. The third-order valence-electron chi connectivity index (χ3n) is 5.63. The van der Waals surface area contributed by atoms with Crippen LogP contribution in [-0.4, -0.2) is 21.5 Å². The minimum atomic E-state index is -0.519. The third-order valence-corrected chi connectivity index (χ3v) is 5.63. The summed E-state index contributed by atoms with van der Waals surface area (Å²) in [6, 6.07) is 15.8. The predicted molar refractivity (Wildman–Crippen MR) is 114 cm³/mol. The molecule has 2 aromatic carbocycles. The number of anilines is 1. The average molecular weight is 387 g/mol. The van der Waals surface area contributed by atoms with Gasteiger partial charge < -0.3 is 5.32 Å². The Kier molecular flexibility index (Phi) is 5.05. The molecule has 5 heteroatoms. The van der Waals surface area contributed by atoms with Gasteiger partial charge >= 0.3 is 0 Å². The number of fused-ring (bicyclic) bond motifs is 1. The summed E-state index contributed by atoms with van der Waals surface area (Å²) < 4.78 is 1.75. The van der Waals surface area contributed by atoms with Crippen molar-refractivity contribution in [3.63, 3.8) is 0 Å². The molecule has 1 amide bonds. The lowest BCUT2D eigenvalue weighted by molar-refractivity contribution is -0.116. The molecule has 1 aliphatic rings. The van der Waals surface area contributed by atoms with Crippen molar-refractivity contribution < 1.29 is 9.59 Å². The van der Waals surface area contributed by atoms with Crippen molar-refractivity contribution in [3.05, 3.63) is 76.5 Å². The molecule has 1 N–H and O–H groups in total. The Hall–Kier alpha value is -3.21. The van der Waals surface area contributed by atoms with Crippen LogP contribution in [0.2, 0.25) is 0 Å². The summed E-state index contributed by atoms with van der Waals surface area (Å²) in [7, 11) is 0. The van der Waals surface area contributed by atoms with Gasteiger partial charge in [-0.05, 0) is 43.0 Å². The van der Waals surface area contributed by atoms with Gasteiger partial charge in [0.2, 0.25) is 5.91 Å². The smallest absolute Gasteiger partial charge is 0.226 e. The van der Waals surface area contributed by atoms with Gasteiger partial charge in [-0.3, -0.25) is 9.59 Å². The van der Waals surface area contributed by atoms with Crippen LogP contribution in [0.1, 0.15) is 58.9 Å². The zero-order chi connectivity index (χ0) is 20.5. The quantitative estimate of drug-likeness (QED) is 0.650. The van der Waals surface area contributed by atoms with E-state index in [-0.39, 0.29) is 18.1 Å². The molecule has 148 valence electrons. The number of carbonyl (C=O) groups is 2. The van der Waals surface area contributed by atoms with Gasteiger partial charge in [0.25, 0.3) is 0 Å². The highest BCUT2D eigenvalue weighted by Gasteiger charge is 2.36. The number of aryl methyl sites for hydroxylation is 3. The monoisotopic (exact) mass is 387 g/mol. The predicted octanol–water partition coefficient (Wildman–Crippen LogP) is 4.61. The second-order valence-corrected chi connectivity index (χ2v) is 7.50. The van der Waals surface area contributed by atoms with Crippen LogP contribution in [0.15, 0.2) is 48.5 Å². The summed E-state index contributed by atoms with van der Waals surface area (Å²) in [5, 5.41) is 7.62. The zero-order valence-corrected chi connectivity index (χ0v) is 17.0. The van der Waals surface area contributed by atoms with Crippen molar-refractivity contribution in [1.82, 2.24) is 9.78 Å². The molecule has 0 bridgehead atoms. The molecule has 1 unspecified atom stereocenters. The standard InChI is InChI=1S/C24H25N3O2/c1-4-16-9-11-18(12-10-16)23(29)20-14-21(28)25-24-22(20)15(3)26-27(24)19-8-6-7-17(5-2)13-19/h6-13,20H,4-5,14H2,1-3H3,(H,25,28). The molecule has 0 saturated heterocycles. The van der Waals surface area contributed by atoms with Crippen molar-refractivity contribution >= 4 is 17.5 Å². The van der Waals surface area contributed by atoms with E-state index in [4.69, 9.17) is 0 Å². The van der Waals surface area contributed by atoms with Crippen LogP contribution < -0.4 is 5.32 Å². The number of benzene rings is 2. The molecule has 0 fully saturated rings. The Labute approximate surface area is 170 Å². The van der Waals surface area contributed by atoms with Crippen LogP contribution in [0.5, 0.6) is 0 Å². The maximum atomic E-state index is 13.3. The van der Waals surface area contributed by atoms with Crippen LogP contribution in [0.25, 0.3) is 5.69 Å². The number of carbonyl (C=O) groups excluding carboxylic acids is 2. The maximum Gasteiger partial charge on any atom is 0.226 e. The van der Waals surface area contributed by atoms with E-state index >= 15 is 0 Å². The highest BCUT2D eigenvalue weighted by atomic mass is 16.2. The fourth-order valence-corrected chi connectivity index (χ4v) is 3.97. The van der Waals surface area contributed by atoms with E-state index < -0.39 is 5.92 Å². The van der Waals surface area contributed by atoms with Crippen molar-refractivity contribution in [2.45, 2.75) is 46.0 Å². The van der Waals surface area contributed by atoms with Crippen LogP contribution in [0.3, 0.4) is 0 Å². The molecule has 1 aliphatic heterocycles. The Morgan fingerprint density at radius 3 is 2.52 bits per heavy atom. The Bertz CT molecular complexity index is 1080. The van der Waals surface area contributed by atoms with Gasteiger partial charge in [0, 0.05) is 17.5 Å². The van der Waals surface area contributed by atoms with Crippen molar-refractivity contribution in [1.29, 1.82) is 0 Å². The van der Waals surface area contributed by atoms with Gasteiger partial charge in [-0.25, -0.2) is 4.68 Å². The largest absolute Gasteiger partial charge is 0.310 e. The van der Waals surface area contributed by atoms with Gasteiger partial charge in [-0.1, -0.05) is 50.2 Å².